The number of thiophene rings is 1. The van der Waals surface area contributed by atoms with E-state index in [2.05, 4.69) is 17.4 Å². The van der Waals surface area contributed by atoms with E-state index in [0.29, 0.717) is 11.3 Å². The normalized spacial score (nSPS) is 11.9. The summed E-state index contributed by atoms with van der Waals surface area (Å²) in [5.74, 6) is -0.311. The zero-order valence-electron chi connectivity index (χ0n) is 13.1. The first-order chi connectivity index (χ1) is 11.7. The zero-order chi connectivity index (χ0) is 16.8. The van der Waals surface area contributed by atoms with Crippen LogP contribution in [0.25, 0.3) is 0 Å². The molecule has 1 atom stereocenters. The number of nitrogens with one attached hydrogen (secondary N) is 1. The van der Waals surface area contributed by atoms with Crippen molar-refractivity contribution < 1.29 is 9.18 Å². The zero-order valence-corrected chi connectivity index (χ0v) is 13.9. The largest absolute Gasteiger partial charge is 0.348 e. The Bertz CT molecular complexity index is 769. The van der Waals surface area contributed by atoms with Crippen LogP contribution in [0, 0.1) is 5.82 Å². The van der Waals surface area contributed by atoms with E-state index in [4.69, 9.17) is 0 Å². The van der Waals surface area contributed by atoms with Crippen LogP contribution in [0.15, 0.2) is 72.1 Å². The average Bonchev–Trinajstić information content (AvgIpc) is 3.12. The van der Waals surface area contributed by atoms with Crippen molar-refractivity contribution in [2.24, 2.45) is 0 Å². The lowest BCUT2D eigenvalue weighted by molar-refractivity contribution is 0.0941. The Labute approximate surface area is 145 Å². The minimum Gasteiger partial charge on any atom is -0.348 e. The second-order valence-corrected chi connectivity index (χ2v) is 6.62. The van der Waals surface area contributed by atoms with Gasteiger partial charge in [0.05, 0.1) is 4.88 Å². The fourth-order valence-electron chi connectivity index (χ4n) is 2.64. The van der Waals surface area contributed by atoms with Crippen molar-refractivity contribution in [3.63, 3.8) is 0 Å². The molecule has 0 spiro atoms. The van der Waals surface area contributed by atoms with Crippen LogP contribution in [0.3, 0.4) is 0 Å². The lowest BCUT2D eigenvalue weighted by Crippen LogP contribution is -2.37. The number of halogens is 1. The van der Waals surface area contributed by atoms with Crippen LogP contribution in [0.5, 0.6) is 0 Å². The van der Waals surface area contributed by atoms with Crippen LogP contribution in [-0.2, 0) is 12.8 Å². The molecule has 1 N–H and O–H groups in total. The van der Waals surface area contributed by atoms with Gasteiger partial charge in [-0.3, -0.25) is 4.79 Å². The van der Waals surface area contributed by atoms with Gasteiger partial charge in [-0.15, -0.1) is 11.3 Å². The SMILES string of the molecule is O=C(NC(Cc1ccccc1)Cc1ccc(F)cc1)c1cccs1. The molecule has 24 heavy (non-hydrogen) atoms. The molecule has 1 amide bonds. The second kappa shape index (κ2) is 7.88. The third-order valence-corrected chi connectivity index (χ3v) is 4.67. The molecular weight excluding hydrogens is 321 g/mol. The first kappa shape index (κ1) is 16.4. The summed E-state index contributed by atoms with van der Waals surface area (Å²) in [6.07, 6.45) is 1.39. The van der Waals surface area contributed by atoms with Crippen LogP contribution >= 0.6 is 11.3 Å². The Hall–Kier alpha value is -2.46. The molecule has 4 heteroatoms. The fraction of sp³-hybridized carbons (Fsp3) is 0.150. The van der Waals surface area contributed by atoms with Gasteiger partial charge in [0.25, 0.3) is 5.91 Å². The molecule has 3 rings (SSSR count). The summed E-state index contributed by atoms with van der Waals surface area (Å²) < 4.78 is 13.1. The van der Waals surface area contributed by atoms with Gasteiger partial charge in [-0.05, 0) is 47.5 Å². The van der Waals surface area contributed by atoms with Gasteiger partial charge >= 0.3 is 0 Å². The monoisotopic (exact) mass is 339 g/mol. The van der Waals surface area contributed by atoms with Gasteiger partial charge < -0.3 is 5.32 Å². The quantitative estimate of drug-likeness (QED) is 0.705. The Kier molecular flexibility index (Phi) is 5.39. The minimum atomic E-state index is -0.249. The Morgan fingerprint density at radius 2 is 1.58 bits per heavy atom. The van der Waals surface area contributed by atoms with E-state index in [-0.39, 0.29) is 17.8 Å². The van der Waals surface area contributed by atoms with Crippen LogP contribution < -0.4 is 5.32 Å². The molecule has 0 aliphatic heterocycles. The van der Waals surface area contributed by atoms with Gasteiger partial charge in [0.2, 0.25) is 0 Å². The van der Waals surface area contributed by atoms with Crippen LogP contribution in [0.4, 0.5) is 4.39 Å². The minimum absolute atomic E-state index is 0.0486. The third-order valence-electron chi connectivity index (χ3n) is 3.80. The predicted octanol–water partition coefficient (Wildman–Crippen LogP) is 4.47. The molecule has 0 radical (unpaired) electrons. The highest BCUT2D eigenvalue weighted by atomic mass is 32.1. The van der Waals surface area contributed by atoms with E-state index in [0.717, 1.165) is 17.5 Å². The van der Waals surface area contributed by atoms with Crippen LogP contribution in [0.2, 0.25) is 0 Å². The lowest BCUT2D eigenvalue weighted by atomic mass is 9.99. The molecule has 1 heterocycles. The first-order valence-electron chi connectivity index (χ1n) is 7.83. The van der Waals surface area contributed by atoms with E-state index in [1.807, 2.05) is 35.7 Å². The molecule has 1 unspecified atom stereocenters. The summed E-state index contributed by atoms with van der Waals surface area (Å²) in [4.78, 5) is 13.1. The lowest BCUT2D eigenvalue weighted by Gasteiger charge is -2.19. The van der Waals surface area contributed by atoms with Gasteiger partial charge in [-0.25, -0.2) is 4.39 Å². The highest BCUT2D eigenvalue weighted by molar-refractivity contribution is 7.12. The van der Waals surface area contributed by atoms with Gasteiger partial charge in [0.15, 0.2) is 0 Å². The summed E-state index contributed by atoms with van der Waals surface area (Å²) in [5.41, 5.74) is 2.17. The van der Waals surface area contributed by atoms with E-state index in [9.17, 15) is 9.18 Å². The molecule has 0 saturated carbocycles. The maximum atomic E-state index is 13.1. The second-order valence-electron chi connectivity index (χ2n) is 5.67. The standard InChI is InChI=1S/C20H18FNOS/c21-17-10-8-16(9-11-17)14-18(13-15-5-2-1-3-6-15)22-20(23)19-7-4-12-24-19/h1-12,18H,13-14H2,(H,22,23). The average molecular weight is 339 g/mol. The van der Waals surface area contributed by atoms with Crippen molar-refractivity contribution in [2.45, 2.75) is 18.9 Å². The number of carbonyl (C=O) groups excluding carboxylic acids is 1. The Balaban J connectivity index is 1.74. The molecule has 0 aliphatic rings. The van der Waals surface area contributed by atoms with Crippen molar-refractivity contribution in [1.82, 2.24) is 5.32 Å². The van der Waals surface area contributed by atoms with E-state index in [1.165, 1.54) is 23.5 Å². The molecule has 3 aromatic rings. The van der Waals surface area contributed by atoms with Crippen molar-refractivity contribution in [3.8, 4) is 0 Å². The molecule has 0 saturated heterocycles. The summed E-state index contributed by atoms with van der Waals surface area (Å²) >= 11 is 1.43. The maximum Gasteiger partial charge on any atom is 0.261 e. The fourth-order valence-corrected chi connectivity index (χ4v) is 3.27. The number of benzene rings is 2. The van der Waals surface area contributed by atoms with Crippen LogP contribution in [0.1, 0.15) is 20.8 Å². The summed E-state index contributed by atoms with van der Waals surface area (Å²) in [5, 5.41) is 5.00. The molecular formula is C20H18FNOS. The molecule has 1 aromatic heterocycles. The summed E-state index contributed by atoms with van der Waals surface area (Å²) in [6, 6.07) is 20.1. The van der Waals surface area contributed by atoms with Gasteiger partial charge in [-0.1, -0.05) is 48.5 Å². The predicted molar refractivity (Wildman–Crippen MR) is 95.8 cm³/mol. The van der Waals surface area contributed by atoms with E-state index in [1.54, 1.807) is 12.1 Å². The maximum absolute atomic E-state index is 13.1. The van der Waals surface area contributed by atoms with Crippen molar-refractivity contribution >= 4 is 17.2 Å². The molecule has 122 valence electrons. The van der Waals surface area contributed by atoms with Gasteiger partial charge in [-0.2, -0.15) is 0 Å². The smallest absolute Gasteiger partial charge is 0.261 e. The van der Waals surface area contributed by atoms with Crippen molar-refractivity contribution in [3.05, 3.63) is 93.9 Å². The van der Waals surface area contributed by atoms with Gasteiger partial charge in [0.1, 0.15) is 5.82 Å². The number of amides is 1. The van der Waals surface area contributed by atoms with Gasteiger partial charge in [0, 0.05) is 6.04 Å². The summed E-state index contributed by atoms with van der Waals surface area (Å²) in [7, 11) is 0. The van der Waals surface area contributed by atoms with Crippen molar-refractivity contribution in [2.75, 3.05) is 0 Å². The topological polar surface area (TPSA) is 29.1 Å². The number of hydrogen-bond donors (Lipinski definition) is 1. The molecule has 0 fully saturated rings. The molecule has 2 aromatic carbocycles. The number of rotatable bonds is 6. The van der Waals surface area contributed by atoms with E-state index >= 15 is 0 Å². The number of carbonyl (C=O) groups is 1. The molecule has 0 aliphatic carbocycles. The molecule has 2 nitrogen and oxygen atoms in total. The Morgan fingerprint density at radius 1 is 0.917 bits per heavy atom. The third kappa shape index (κ3) is 4.52. The first-order valence-corrected chi connectivity index (χ1v) is 8.71. The van der Waals surface area contributed by atoms with E-state index < -0.39 is 0 Å². The van der Waals surface area contributed by atoms with Crippen LogP contribution in [-0.4, -0.2) is 11.9 Å². The van der Waals surface area contributed by atoms with Crippen molar-refractivity contribution in [1.29, 1.82) is 0 Å². The summed E-state index contributed by atoms with van der Waals surface area (Å²) in [6.45, 7) is 0. The highest BCUT2D eigenvalue weighted by Gasteiger charge is 2.16. The molecule has 0 bridgehead atoms. The highest BCUT2D eigenvalue weighted by Crippen LogP contribution is 2.13. The number of hydrogen-bond acceptors (Lipinski definition) is 2. The Morgan fingerprint density at radius 3 is 2.21 bits per heavy atom.